The van der Waals surface area contributed by atoms with E-state index in [1.165, 1.54) is 12.8 Å². The minimum Gasteiger partial charge on any atom is -0.464 e. The average molecular weight is 294 g/mol. The highest BCUT2D eigenvalue weighted by Gasteiger charge is 2.36. The second-order valence-electron chi connectivity index (χ2n) is 6.52. The first-order valence-corrected chi connectivity index (χ1v) is 8.45. The SMILES string of the molecule is O=C1OCCC1N1CCC(C(=O)N2CCCCCC2)CC1. The first-order chi connectivity index (χ1) is 10.3. The Morgan fingerprint density at radius 2 is 1.62 bits per heavy atom. The molecule has 0 aromatic rings. The molecule has 5 heteroatoms. The van der Waals surface area contributed by atoms with Crippen LogP contribution in [0.3, 0.4) is 0 Å². The number of rotatable bonds is 2. The molecule has 1 amide bonds. The number of likely N-dealkylation sites (tertiary alicyclic amines) is 2. The van der Waals surface area contributed by atoms with Crippen LogP contribution in [0.2, 0.25) is 0 Å². The molecule has 3 fully saturated rings. The van der Waals surface area contributed by atoms with Crippen LogP contribution < -0.4 is 0 Å². The summed E-state index contributed by atoms with van der Waals surface area (Å²) in [6, 6.07) is -0.0563. The number of hydrogen-bond donors (Lipinski definition) is 0. The van der Waals surface area contributed by atoms with Gasteiger partial charge in [-0.05, 0) is 38.8 Å². The smallest absolute Gasteiger partial charge is 0.323 e. The van der Waals surface area contributed by atoms with Crippen LogP contribution in [0, 0.1) is 5.92 Å². The fourth-order valence-corrected chi connectivity index (χ4v) is 3.82. The Labute approximate surface area is 126 Å². The monoisotopic (exact) mass is 294 g/mol. The molecule has 3 heterocycles. The van der Waals surface area contributed by atoms with Gasteiger partial charge in [0.25, 0.3) is 0 Å². The van der Waals surface area contributed by atoms with Gasteiger partial charge in [-0.25, -0.2) is 0 Å². The van der Waals surface area contributed by atoms with Crippen molar-refractivity contribution in [3.8, 4) is 0 Å². The van der Waals surface area contributed by atoms with Crippen LogP contribution in [0.5, 0.6) is 0 Å². The van der Waals surface area contributed by atoms with Gasteiger partial charge in [-0.15, -0.1) is 0 Å². The molecule has 3 rings (SSSR count). The first kappa shape index (κ1) is 14.8. The largest absolute Gasteiger partial charge is 0.464 e. The summed E-state index contributed by atoms with van der Waals surface area (Å²) >= 11 is 0. The number of carbonyl (C=O) groups is 2. The molecule has 0 aromatic carbocycles. The van der Waals surface area contributed by atoms with E-state index in [0.717, 1.165) is 58.3 Å². The fourth-order valence-electron chi connectivity index (χ4n) is 3.82. The number of hydrogen-bond acceptors (Lipinski definition) is 4. The number of amides is 1. The highest BCUT2D eigenvalue weighted by atomic mass is 16.5. The maximum atomic E-state index is 12.6. The van der Waals surface area contributed by atoms with Crippen molar-refractivity contribution < 1.29 is 14.3 Å². The Morgan fingerprint density at radius 1 is 0.952 bits per heavy atom. The molecule has 5 nitrogen and oxygen atoms in total. The Hall–Kier alpha value is -1.10. The van der Waals surface area contributed by atoms with Crippen LogP contribution in [0.4, 0.5) is 0 Å². The molecular formula is C16H26N2O3. The molecule has 21 heavy (non-hydrogen) atoms. The molecule has 1 atom stereocenters. The third kappa shape index (κ3) is 3.39. The molecule has 3 aliphatic rings. The van der Waals surface area contributed by atoms with Gasteiger partial charge in [0.05, 0.1) is 6.61 Å². The minimum atomic E-state index is -0.0766. The summed E-state index contributed by atoms with van der Waals surface area (Å²) in [5.41, 5.74) is 0. The van der Waals surface area contributed by atoms with Crippen molar-refractivity contribution in [3.63, 3.8) is 0 Å². The van der Waals surface area contributed by atoms with E-state index < -0.39 is 0 Å². The molecule has 0 radical (unpaired) electrons. The number of piperidine rings is 1. The molecule has 0 saturated carbocycles. The molecule has 3 saturated heterocycles. The molecule has 0 N–H and O–H groups in total. The summed E-state index contributed by atoms with van der Waals surface area (Å²) in [7, 11) is 0. The van der Waals surface area contributed by atoms with E-state index in [4.69, 9.17) is 4.74 Å². The predicted molar refractivity (Wildman–Crippen MR) is 78.7 cm³/mol. The molecule has 0 bridgehead atoms. The summed E-state index contributed by atoms with van der Waals surface area (Å²) in [5.74, 6) is 0.439. The van der Waals surface area contributed by atoms with Crippen LogP contribution in [0.15, 0.2) is 0 Å². The maximum absolute atomic E-state index is 12.6. The minimum absolute atomic E-state index is 0.0563. The van der Waals surface area contributed by atoms with Crippen molar-refractivity contribution >= 4 is 11.9 Å². The van der Waals surface area contributed by atoms with Crippen molar-refractivity contribution in [1.29, 1.82) is 0 Å². The highest BCUT2D eigenvalue weighted by Crippen LogP contribution is 2.25. The van der Waals surface area contributed by atoms with E-state index in [2.05, 4.69) is 9.80 Å². The number of ether oxygens (including phenoxy) is 1. The molecule has 118 valence electrons. The first-order valence-electron chi connectivity index (χ1n) is 8.45. The Balaban J connectivity index is 1.50. The zero-order valence-electron chi connectivity index (χ0n) is 12.8. The van der Waals surface area contributed by atoms with Gasteiger partial charge in [0.15, 0.2) is 0 Å². The van der Waals surface area contributed by atoms with Crippen molar-refractivity contribution in [2.45, 2.75) is 51.0 Å². The van der Waals surface area contributed by atoms with Gasteiger partial charge in [0, 0.05) is 25.4 Å². The number of nitrogens with zero attached hydrogens (tertiary/aromatic N) is 2. The quantitative estimate of drug-likeness (QED) is 0.723. The topological polar surface area (TPSA) is 49.9 Å². The lowest BCUT2D eigenvalue weighted by molar-refractivity contribution is -0.143. The van der Waals surface area contributed by atoms with Gasteiger partial charge in [-0.2, -0.15) is 0 Å². The van der Waals surface area contributed by atoms with E-state index in [0.29, 0.717) is 12.5 Å². The lowest BCUT2D eigenvalue weighted by Crippen LogP contribution is -2.47. The molecule has 3 aliphatic heterocycles. The van der Waals surface area contributed by atoms with Gasteiger partial charge < -0.3 is 9.64 Å². The normalized spacial score (nSPS) is 29.2. The molecule has 1 unspecified atom stereocenters. The van der Waals surface area contributed by atoms with Gasteiger partial charge in [0.2, 0.25) is 5.91 Å². The van der Waals surface area contributed by atoms with Crippen LogP contribution in [-0.4, -0.2) is 60.5 Å². The second kappa shape index (κ2) is 6.77. The third-order valence-electron chi connectivity index (χ3n) is 5.14. The van der Waals surface area contributed by atoms with Gasteiger partial charge in [0.1, 0.15) is 6.04 Å². The van der Waals surface area contributed by atoms with E-state index in [9.17, 15) is 9.59 Å². The lowest BCUT2D eigenvalue weighted by atomic mass is 9.94. The Morgan fingerprint density at radius 3 is 2.19 bits per heavy atom. The number of cyclic esters (lactones) is 1. The molecule has 0 spiro atoms. The second-order valence-corrected chi connectivity index (χ2v) is 6.52. The van der Waals surface area contributed by atoms with Crippen molar-refractivity contribution in [3.05, 3.63) is 0 Å². The fraction of sp³-hybridized carbons (Fsp3) is 0.875. The average Bonchev–Trinajstić information content (AvgIpc) is 2.78. The number of carbonyl (C=O) groups excluding carboxylic acids is 2. The standard InChI is InChI=1S/C16H26N2O3/c19-15(18-8-3-1-2-4-9-18)13-5-10-17(11-6-13)14-7-12-21-16(14)20/h13-14H,1-12H2. The van der Waals surface area contributed by atoms with Crippen LogP contribution in [0.1, 0.15) is 44.9 Å². The van der Waals surface area contributed by atoms with Gasteiger partial charge in [-0.3, -0.25) is 14.5 Å². The van der Waals surface area contributed by atoms with E-state index in [-0.39, 0.29) is 17.9 Å². The third-order valence-corrected chi connectivity index (χ3v) is 5.14. The summed E-state index contributed by atoms with van der Waals surface area (Å²) in [6.07, 6.45) is 7.40. The van der Waals surface area contributed by atoms with Crippen LogP contribution in [-0.2, 0) is 14.3 Å². The lowest BCUT2D eigenvalue weighted by Gasteiger charge is -2.35. The van der Waals surface area contributed by atoms with Gasteiger partial charge >= 0.3 is 5.97 Å². The molecule has 0 aliphatic carbocycles. The van der Waals surface area contributed by atoms with Crippen molar-refractivity contribution in [2.24, 2.45) is 5.92 Å². The Bertz CT molecular complexity index is 383. The van der Waals surface area contributed by atoms with Crippen molar-refractivity contribution in [1.82, 2.24) is 9.80 Å². The molecular weight excluding hydrogens is 268 g/mol. The summed E-state index contributed by atoms with van der Waals surface area (Å²) in [5, 5.41) is 0. The van der Waals surface area contributed by atoms with Gasteiger partial charge in [-0.1, -0.05) is 12.8 Å². The highest BCUT2D eigenvalue weighted by molar-refractivity contribution is 5.79. The Kier molecular flexibility index (Phi) is 4.78. The summed E-state index contributed by atoms with van der Waals surface area (Å²) in [4.78, 5) is 28.5. The van der Waals surface area contributed by atoms with Crippen molar-refractivity contribution in [2.75, 3.05) is 32.8 Å². The summed E-state index contributed by atoms with van der Waals surface area (Å²) < 4.78 is 5.05. The van der Waals surface area contributed by atoms with E-state index in [1.807, 2.05) is 0 Å². The van der Waals surface area contributed by atoms with E-state index >= 15 is 0 Å². The number of esters is 1. The zero-order chi connectivity index (χ0) is 14.7. The van der Waals surface area contributed by atoms with E-state index in [1.54, 1.807) is 0 Å². The molecule has 0 aromatic heterocycles. The van der Waals surface area contributed by atoms with Crippen LogP contribution >= 0.6 is 0 Å². The van der Waals surface area contributed by atoms with Crippen LogP contribution in [0.25, 0.3) is 0 Å². The predicted octanol–water partition coefficient (Wildman–Crippen LogP) is 1.42. The zero-order valence-corrected chi connectivity index (χ0v) is 12.8. The maximum Gasteiger partial charge on any atom is 0.323 e. The summed E-state index contributed by atoms with van der Waals surface area (Å²) in [6.45, 7) is 4.13.